The molecule has 1 aliphatic carbocycles. The van der Waals surface area contributed by atoms with Gasteiger partial charge in [0.25, 0.3) is 0 Å². The zero-order valence-corrected chi connectivity index (χ0v) is 9.98. The molecular weight excluding hydrogens is 254 g/mol. The van der Waals surface area contributed by atoms with E-state index in [-0.39, 0.29) is 5.91 Å². The molecule has 1 amide bonds. The molecular formula is C11H9N3O3S. The molecule has 2 atom stereocenters. The van der Waals surface area contributed by atoms with E-state index in [0.29, 0.717) is 12.1 Å². The zero-order chi connectivity index (χ0) is 12.7. The van der Waals surface area contributed by atoms with E-state index in [1.54, 1.807) is 12.1 Å². The van der Waals surface area contributed by atoms with Gasteiger partial charge in [-0.2, -0.15) is 0 Å². The van der Waals surface area contributed by atoms with Crippen molar-refractivity contribution in [3.63, 3.8) is 0 Å². The fourth-order valence-electron chi connectivity index (χ4n) is 1.85. The van der Waals surface area contributed by atoms with E-state index in [9.17, 15) is 9.59 Å². The minimum atomic E-state index is -0.908. The van der Waals surface area contributed by atoms with Crippen LogP contribution in [0.15, 0.2) is 18.2 Å². The van der Waals surface area contributed by atoms with Crippen molar-refractivity contribution in [2.45, 2.75) is 6.42 Å². The van der Waals surface area contributed by atoms with Crippen LogP contribution in [0.3, 0.4) is 0 Å². The maximum Gasteiger partial charge on any atom is 0.307 e. The number of hydrogen-bond donors (Lipinski definition) is 2. The van der Waals surface area contributed by atoms with E-state index in [2.05, 4.69) is 14.9 Å². The Labute approximate surface area is 106 Å². The highest BCUT2D eigenvalue weighted by Gasteiger charge is 2.48. The molecule has 1 heterocycles. The fourth-order valence-corrected chi connectivity index (χ4v) is 2.39. The normalized spacial score (nSPS) is 21.8. The second-order valence-electron chi connectivity index (χ2n) is 4.23. The molecule has 0 spiro atoms. The van der Waals surface area contributed by atoms with Gasteiger partial charge < -0.3 is 10.4 Å². The summed E-state index contributed by atoms with van der Waals surface area (Å²) in [5.41, 5.74) is 1.35. The van der Waals surface area contributed by atoms with E-state index in [4.69, 9.17) is 5.11 Å². The first-order valence-electron chi connectivity index (χ1n) is 5.41. The predicted molar refractivity (Wildman–Crippen MR) is 65.3 cm³/mol. The van der Waals surface area contributed by atoms with Crippen molar-refractivity contribution in [2.24, 2.45) is 11.8 Å². The van der Waals surface area contributed by atoms with Crippen LogP contribution in [0.2, 0.25) is 0 Å². The average Bonchev–Trinajstić information content (AvgIpc) is 3.02. The van der Waals surface area contributed by atoms with Crippen LogP contribution in [0.4, 0.5) is 5.69 Å². The summed E-state index contributed by atoms with van der Waals surface area (Å²) in [5, 5.41) is 15.4. The number of carboxylic acids is 1. The number of rotatable bonds is 3. The van der Waals surface area contributed by atoms with Crippen molar-refractivity contribution in [3.05, 3.63) is 18.2 Å². The number of amides is 1. The molecule has 2 N–H and O–H groups in total. The molecule has 0 aliphatic heterocycles. The smallest absolute Gasteiger partial charge is 0.307 e. The summed E-state index contributed by atoms with van der Waals surface area (Å²) in [6, 6.07) is 5.32. The number of carbonyl (C=O) groups is 2. The van der Waals surface area contributed by atoms with Crippen LogP contribution in [-0.2, 0) is 9.59 Å². The van der Waals surface area contributed by atoms with Crippen LogP contribution in [-0.4, -0.2) is 26.6 Å². The van der Waals surface area contributed by atoms with E-state index < -0.39 is 17.8 Å². The highest BCUT2D eigenvalue weighted by atomic mass is 32.1. The third-order valence-electron chi connectivity index (χ3n) is 2.96. The first-order valence-corrected chi connectivity index (χ1v) is 6.18. The quantitative estimate of drug-likeness (QED) is 0.872. The molecule has 0 unspecified atom stereocenters. The third kappa shape index (κ3) is 1.92. The van der Waals surface area contributed by atoms with Crippen LogP contribution >= 0.6 is 11.5 Å². The van der Waals surface area contributed by atoms with Gasteiger partial charge in [0.2, 0.25) is 5.91 Å². The lowest BCUT2D eigenvalue weighted by Crippen LogP contribution is -2.16. The number of aliphatic carboxylic acids is 1. The van der Waals surface area contributed by atoms with Crippen LogP contribution in [0.5, 0.6) is 0 Å². The lowest BCUT2D eigenvalue weighted by molar-refractivity contribution is -0.139. The highest BCUT2D eigenvalue weighted by molar-refractivity contribution is 7.12. The van der Waals surface area contributed by atoms with Gasteiger partial charge in [0, 0.05) is 5.69 Å². The summed E-state index contributed by atoms with van der Waals surface area (Å²) in [6.45, 7) is 0. The Kier molecular flexibility index (Phi) is 2.48. The number of aromatic nitrogens is 2. The maximum absolute atomic E-state index is 11.8. The molecule has 7 heteroatoms. The largest absolute Gasteiger partial charge is 0.481 e. The Morgan fingerprint density at radius 2 is 2.22 bits per heavy atom. The van der Waals surface area contributed by atoms with Gasteiger partial charge in [-0.15, -0.1) is 5.10 Å². The summed E-state index contributed by atoms with van der Waals surface area (Å²) in [7, 11) is 0. The first-order chi connectivity index (χ1) is 8.65. The Morgan fingerprint density at radius 3 is 2.94 bits per heavy atom. The van der Waals surface area contributed by atoms with Gasteiger partial charge in [-0.05, 0) is 36.2 Å². The average molecular weight is 263 g/mol. The molecule has 92 valence electrons. The van der Waals surface area contributed by atoms with Gasteiger partial charge in [0.05, 0.1) is 16.5 Å². The van der Waals surface area contributed by atoms with Gasteiger partial charge in [0.1, 0.15) is 5.52 Å². The SMILES string of the molecule is O=C(O)[C@@H]1C[C@H]1C(=O)Nc1ccc2snnc2c1. The van der Waals surface area contributed by atoms with Gasteiger partial charge in [-0.1, -0.05) is 4.49 Å². The molecule has 0 radical (unpaired) electrons. The summed E-state index contributed by atoms with van der Waals surface area (Å²) >= 11 is 1.29. The first kappa shape index (κ1) is 11.1. The minimum absolute atomic E-state index is 0.245. The monoisotopic (exact) mass is 263 g/mol. The molecule has 1 aliphatic rings. The van der Waals surface area contributed by atoms with E-state index in [0.717, 1.165) is 10.2 Å². The van der Waals surface area contributed by atoms with Gasteiger partial charge in [0.15, 0.2) is 0 Å². The van der Waals surface area contributed by atoms with Crippen molar-refractivity contribution in [1.29, 1.82) is 0 Å². The van der Waals surface area contributed by atoms with Crippen molar-refractivity contribution >= 4 is 39.3 Å². The number of nitrogens with one attached hydrogen (secondary N) is 1. The lowest BCUT2D eigenvalue weighted by atomic mass is 10.2. The molecule has 18 heavy (non-hydrogen) atoms. The fraction of sp³-hybridized carbons (Fsp3) is 0.273. The Morgan fingerprint density at radius 1 is 1.39 bits per heavy atom. The van der Waals surface area contributed by atoms with E-state index in [1.165, 1.54) is 11.5 Å². The third-order valence-corrected chi connectivity index (χ3v) is 3.66. The number of carboxylic acid groups (broad SMARTS) is 1. The van der Waals surface area contributed by atoms with Crippen molar-refractivity contribution in [1.82, 2.24) is 9.59 Å². The maximum atomic E-state index is 11.8. The molecule has 0 bridgehead atoms. The number of benzene rings is 1. The van der Waals surface area contributed by atoms with Crippen molar-refractivity contribution < 1.29 is 14.7 Å². The number of fused-ring (bicyclic) bond motifs is 1. The second-order valence-corrected chi connectivity index (χ2v) is 5.02. The molecule has 1 aromatic carbocycles. The summed E-state index contributed by atoms with van der Waals surface area (Å²) in [5.74, 6) is -2.10. The second kappa shape index (κ2) is 4.02. The van der Waals surface area contributed by atoms with Gasteiger partial charge >= 0.3 is 5.97 Å². The highest BCUT2D eigenvalue weighted by Crippen LogP contribution is 2.39. The molecule has 1 saturated carbocycles. The minimum Gasteiger partial charge on any atom is -0.481 e. The standard InChI is InChI=1S/C11H9N3O3S/c15-10(6-4-7(6)11(16)17)12-5-1-2-9-8(3-5)13-14-18-9/h1-3,6-7H,4H2,(H,12,15)(H,16,17)/t6-,7-/m1/s1. The van der Waals surface area contributed by atoms with Crippen molar-refractivity contribution in [3.8, 4) is 0 Å². The number of hydrogen-bond acceptors (Lipinski definition) is 5. The number of nitrogens with zero attached hydrogens (tertiary/aromatic N) is 2. The Bertz CT molecular complexity index is 639. The predicted octanol–water partition coefficient (Wildman–Crippen LogP) is 1.35. The van der Waals surface area contributed by atoms with Crippen LogP contribution in [0, 0.1) is 11.8 Å². The Hall–Kier alpha value is -2.02. The molecule has 0 saturated heterocycles. The van der Waals surface area contributed by atoms with Crippen LogP contribution in [0.1, 0.15) is 6.42 Å². The summed E-state index contributed by atoms with van der Waals surface area (Å²) in [6.07, 6.45) is 0.418. The summed E-state index contributed by atoms with van der Waals surface area (Å²) in [4.78, 5) is 22.4. The lowest BCUT2D eigenvalue weighted by Gasteiger charge is -2.03. The van der Waals surface area contributed by atoms with Gasteiger partial charge in [-0.3, -0.25) is 9.59 Å². The topological polar surface area (TPSA) is 92.2 Å². The van der Waals surface area contributed by atoms with Crippen molar-refractivity contribution in [2.75, 3.05) is 5.32 Å². The van der Waals surface area contributed by atoms with E-state index >= 15 is 0 Å². The Balaban J connectivity index is 1.72. The summed E-state index contributed by atoms with van der Waals surface area (Å²) < 4.78 is 4.75. The van der Waals surface area contributed by atoms with Gasteiger partial charge in [-0.25, -0.2) is 0 Å². The van der Waals surface area contributed by atoms with Crippen LogP contribution in [0.25, 0.3) is 10.2 Å². The number of anilines is 1. The molecule has 2 aromatic rings. The number of carbonyl (C=O) groups excluding carboxylic acids is 1. The zero-order valence-electron chi connectivity index (χ0n) is 9.16. The molecule has 6 nitrogen and oxygen atoms in total. The molecule has 3 rings (SSSR count). The molecule has 1 aromatic heterocycles. The van der Waals surface area contributed by atoms with Crippen LogP contribution < -0.4 is 5.32 Å². The molecule has 1 fully saturated rings. The van der Waals surface area contributed by atoms with E-state index in [1.807, 2.05) is 6.07 Å².